The van der Waals surface area contributed by atoms with E-state index in [0.717, 1.165) is 18.5 Å². The summed E-state index contributed by atoms with van der Waals surface area (Å²) in [5.74, 6) is 0.0561. The summed E-state index contributed by atoms with van der Waals surface area (Å²) in [6, 6.07) is 3.71. The Kier molecular flexibility index (Phi) is 1.77. The van der Waals surface area contributed by atoms with Crippen LogP contribution < -0.4 is 16.8 Å². The van der Waals surface area contributed by atoms with Gasteiger partial charge in [-0.3, -0.25) is 0 Å². The lowest BCUT2D eigenvalue weighted by Gasteiger charge is -2.29. The molecule has 1 aliphatic heterocycles. The number of benzene rings is 1. The summed E-state index contributed by atoms with van der Waals surface area (Å²) in [6.07, 6.45) is 1.08. The van der Waals surface area contributed by atoms with E-state index < -0.39 is 0 Å². The van der Waals surface area contributed by atoms with Crippen molar-refractivity contribution in [3.8, 4) is 5.75 Å². The van der Waals surface area contributed by atoms with Gasteiger partial charge in [0.15, 0.2) is 0 Å². The molecule has 70 valence electrons. The molecule has 4 heteroatoms. The third kappa shape index (κ3) is 1.19. The van der Waals surface area contributed by atoms with Crippen molar-refractivity contribution < 1.29 is 5.11 Å². The molecule has 2 rings (SSSR count). The summed E-state index contributed by atoms with van der Waals surface area (Å²) in [5, 5.41) is 12.5. The van der Waals surface area contributed by atoms with Gasteiger partial charge < -0.3 is 21.9 Å². The molecule has 0 spiro atoms. The molecule has 1 fully saturated rings. The normalized spacial score (nSPS) is 21.1. The number of nitrogen functional groups attached to an aromatic ring is 2. The van der Waals surface area contributed by atoms with Crippen LogP contribution in [-0.4, -0.2) is 11.7 Å². The Bertz CT molecular complexity index is 334. The lowest BCUT2D eigenvalue weighted by atomic mass is 9.95. The van der Waals surface area contributed by atoms with E-state index in [1.165, 1.54) is 0 Å². The van der Waals surface area contributed by atoms with Gasteiger partial charge in [0.1, 0.15) is 5.75 Å². The molecule has 0 aromatic heterocycles. The van der Waals surface area contributed by atoms with E-state index in [4.69, 9.17) is 11.5 Å². The van der Waals surface area contributed by atoms with Crippen LogP contribution in [0.3, 0.4) is 0 Å². The Morgan fingerprint density at radius 1 is 1.31 bits per heavy atom. The molecule has 0 radical (unpaired) electrons. The molecule has 1 unspecified atom stereocenters. The van der Waals surface area contributed by atoms with Crippen LogP contribution in [0, 0.1) is 0 Å². The van der Waals surface area contributed by atoms with Gasteiger partial charge >= 0.3 is 0 Å². The standard InChI is InChI=1S/C9H13N3O/c10-8-5(6-3-4-12-6)1-2-7(13)9(8)11/h1-2,6,12-13H,3-4,10-11H2. The van der Waals surface area contributed by atoms with Crippen LogP contribution in [0.4, 0.5) is 11.4 Å². The van der Waals surface area contributed by atoms with E-state index in [1.807, 2.05) is 6.07 Å². The Labute approximate surface area is 76.5 Å². The van der Waals surface area contributed by atoms with Gasteiger partial charge in [-0.1, -0.05) is 6.07 Å². The molecule has 0 bridgehead atoms. The highest BCUT2D eigenvalue weighted by molar-refractivity contribution is 5.74. The second-order valence-electron chi connectivity index (χ2n) is 3.30. The minimum atomic E-state index is 0.0561. The highest BCUT2D eigenvalue weighted by atomic mass is 16.3. The first kappa shape index (κ1) is 8.19. The Morgan fingerprint density at radius 2 is 2.00 bits per heavy atom. The van der Waals surface area contributed by atoms with Crippen molar-refractivity contribution >= 4 is 11.4 Å². The number of phenols is 1. The summed E-state index contributed by atoms with van der Waals surface area (Å²) in [6.45, 7) is 1.02. The number of hydrogen-bond acceptors (Lipinski definition) is 4. The van der Waals surface area contributed by atoms with Crippen molar-refractivity contribution in [2.24, 2.45) is 0 Å². The molecule has 0 aliphatic carbocycles. The van der Waals surface area contributed by atoms with E-state index in [9.17, 15) is 5.11 Å². The van der Waals surface area contributed by atoms with Gasteiger partial charge in [-0.15, -0.1) is 0 Å². The van der Waals surface area contributed by atoms with E-state index in [0.29, 0.717) is 11.7 Å². The van der Waals surface area contributed by atoms with Crippen molar-refractivity contribution in [1.29, 1.82) is 0 Å². The number of rotatable bonds is 1. The van der Waals surface area contributed by atoms with Gasteiger partial charge in [-0.05, 0) is 24.6 Å². The average molecular weight is 179 g/mol. The van der Waals surface area contributed by atoms with Gasteiger partial charge in [-0.2, -0.15) is 0 Å². The smallest absolute Gasteiger partial charge is 0.140 e. The minimum Gasteiger partial charge on any atom is -0.506 e. The summed E-state index contributed by atoms with van der Waals surface area (Å²) in [7, 11) is 0. The van der Waals surface area contributed by atoms with Gasteiger partial charge in [0.05, 0.1) is 11.4 Å². The van der Waals surface area contributed by atoms with Gasteiger partial charge in [0, 0.05) is 6.04 Å². The van der Waals surface area contributed by atoms with Gasteiger partial charge in [0.25, 0.3) is 0 Å². The SMILES string of the molecule is Nc1c(O)ccc(C2CCN2)c1N. The van der Waals surface area contributed by atoms with Crippen LogP contribution >= 0.6 is 0 Å². The number of nitrogens with one attached hydrogen (secondary N) is 1. The zero-order chi connectivity index (χ0) is 9.42. The Hall–Kier alpha value is -1.42. The van der Waals surface area contributed by atoms with Crippen LogP contribution in [0.15, 0.2) is 12.1 Å². The molecular weight excluding hydrogens is 166 g/mol. The zero-order valence-corrected chi connectivity index (χ0v) is 7.25. The molecule has 6 N–H and O–H groups in total. The van der Waals surface area contributed by atoms with E-state index in [2.05, 4.69) is 5.32 Å². The second kappa shape index (κ2) is 2.81. The van der Waals surface area contributed by atoms with E-state index in [1.54, 1.807) is 6.07 Å². The van der Waals surface area contributed by atoms with Crippen molar-refractivity contribution in [3.63, 3.8) is 0 Å². The largest absolute Gasteiger partial charge is 0.506 e. The fourth-order valence-corrected chi connectivity index (χ4v) is 1.50. The van der Waals surface area contributed by atoms with Crippen LogP contribution in [0.1, 0.15) is 18.0 Å². The third-order valence-electron chi connectivity index (χ3n) is 2.50. The van der Waals surface area contributed by atoms with Crippen molar-refractivity contribution in [2.45, 2.75) is 12.5 Å². The van der Waals surface area contributed by atoms with Crippen molar-refractivity contribution in [2.75, 3.05) is 18.0 Å². The molecule has 1 aromatic carbocycles. The summed E-state index contributed by atoms with van der Waals surface area (Å²) >= 11 is 0. The number of hydrogen-bond donors (Lipinski definition) is 4. The number of aromatic hydroxyl groups is 1. The molecule has 4 nitrogen and oxygen atoms in total. The quantitative estimate of drug-likeness (QED) is 0.375. The lowest BCUT2D eigenvalue weighted by Crippen LogP contribution is -2.35. The Balaban J connectivity index is 2.41. The first-order valence-electron chi connectivity index (χ1n) is 4.30. The van der Waals surface area contributed by atoms with Crippen LogP contribution in [0.5, 0.6) is 5.75 Å². The predicted octanol–water partition coefficient (Wildman–Crippen LogP) is 0.591. The predicted molar refractivity (Wildman–Crippen MR) is 52.3 cm³/mol. The Morgan fingerprint density at radius 3 is 2.54 bits per heavy atom. The van der Waals surface area contributed by atoms with Crippen LogP contribution in [-0.2, 0) is 0 Å². The van der Waals surface area contributed by atoms with Gasteiger partial charge in [0.2, 0.25) is 0 Å². The summed E-state index contributed by atoms with van der Waals surface area (Å²) in [5.41, 5.74) is 13.1. The summed E-state index contributed by atoms with van der Waals surface area (Å²) in [4.78, 5) is 0. The fraction of sp³-hybridized carbons (Fsp3) is 0.333. The fourth-order valence-electron chi connectivity index (χ4n) is 1.50. The average Bonchev–Trinajstić information content (AvgIpc) is 2.03. The van der Waals surface area contributed by atoms with Gasteiger partial charge in [-0.25, -0.2) is 0 Å². The molecule has 1 aromatic rings. The topological polar surface area (TPSA) is 84.3 Å². The lowest BCUT2D eigenvalue weighted by molar-refractivity contribution is 0.384. The maximum Gasteiger partial charge on any atom is 0.140 e. The molecule has 0 saturated carbocycles. The van der Waals surface area contributed by atoms with Crippen molar-refractivity contribution in [3.05, 3.63) is 17.7 Å². The molecular formula is C9H13N3O. The van der Waals surface area contributed by atoms with Crippen molar-refractivity contribution in [1.82, 2.24) is 5.32 Å². The van der Waals surface area contributed by atoms with E-state index in [-0.39, 0.29) is 11.4 Å². The van der Waals surface area contributed by atoms with Crippen LogP contribution in [0.2, 0.25) is 0 Å². The second-order valence-corrected chi connectivity index (χ2v) is 3.30. The first-order valence-corrected chi connectivity index (χ1v) is 4.30. The molecule has 1 atom stereocenters. The zero-order valence-electron chi connectivity index (χ0n) is 7.25. The molecule has 0 amide bonds. The highest BCUT2D eigenvalue weighted by Gasteiger charge is 2.22. The third-order valence-corrected chi connectivity index (χ3v) is 2.50. The number of phenolic OH excluding ortho intramolecular Hbond substituents is 1. The first-order chi connectivity index (χ1) is 6.20. The molecule has 1 saturated heterocycles. The summed E-state index contributed by atoms with van der Waals surface area (Å²) < 4.78 is 0. The van der Waals surface area contributed by atoms with Crippen LogP contribution in [0.25, 0.3) is 0 Å². The number of nitrogens with two attached hydrogens (primary N) is 2. The number of anilines is 2. The highest BCUT2D eigenvalue weighted by Crippen LogP contribution is 2.35. The van der Waals surface area contributed by atoms with E-state index >= 15 is 0 Å². The monoisotopic (exact) mass is 179 g/mol. The maximum atomic E-state index is 9.27. The minimum absolute atomic E-state index is 0.0561. The molecule has 13 heavy (non-hydrogen) atoms. The molecule has 1 heterocycles. The molecule has 1 aliphatic rings. The maximum absolute atomic E-state index is 9.27.